The van der Waals surface area contributed by atoms with Gasteiger partial charge in [-0.2, -0.15) is 5.26 Å². The first kappa shape index (κ1) is 22.9. The Kier molecular flexibility index (Phi) is 6.55. The average molecular weight is 460 g/mol. The van der Waals surface area contributed by atoms with Gasteiger partial charge in [0.15, 0.2) is 23.9 Å². The van der Waals surface area contributed by atoms with Crippen LogP contribution in [0.3, 0.4) is 0 Å². The van der Waals surface area contributed by atoms with Gasteiger partial charge in [0.2, 0.25) is 5.88 Å². The Hall–Kier alpha value is -4.25. The number of nitrogens with two attached hydrogens (primary N) is 1. The van der Waals surface area contributed by atoms with Crippen molar-refractivity contribution in [1.82, 2.24) is 0 Å². The minimum Gasteiger partial charge on any atom is -0.493 e. The molecule has 0 fully saturated rings. The lowest BCUT2D eigenvalue weighted by Crippen LogP contribution is -2.27. The Balaban J connectivity index is 1.57. The fraction of sp³-hybridized carbons (Fsp3) is 0.269. The number of benzene rings is 2. The van der Waals surface area contributed by atoms with Crippen LogP contribution in [-0.4, -0.2) is 25.4 Å². The van der Waals surface area contributed by atoms with Gasteiger partial charge >= 0.3 is 0 Å². The molecule has 1 unspecified atom stereocenters. The lowest BCUT2D eigenvalue weighted by atomic mass is 9.77. The molecule has 8 nitrogen and oxygen atoms in total. The molecule has 1 heterocycles. The summed E-state index contributed by atoms with van der Waals surface area (Å²) < 4.78 is 16.8. The Bertz CT molecular complexity index is 1260. The molecular formula is C26H25N3O5. The number of carbonyl (C=O) groups excluding carboxylic acids is 2. The number of ketones is 1. The van der Waals surface area contributed by atoms with Gasteiger partial charge in [0.1, 0.15) is 17.4 Å². The van der Waals surface area contributed by atoms with Crippen molar-refractivity contribution in [2.75, 3.05) is 19.0 Å². The van der Waals surface area contributed by atoms with E-state index in [0.29, 0.717) is 53.3 Å². The van der Waals surface area contributed by atoms with Crippen molar-refractivity contribution in [3.05, 3.63) is 76.4 Å². The molecule has 0 saturated carbocycles. The Labute approximate surface area is 197 Å². The smallest absolute Gasteiger partial charge is 0.262 e. The molecule has 34 heavy (non-hydrogen) atoms. The number of anilines is 1. The highest BCUT2D eigenvalue weighted by Gasteiger charge is 2.38. The number of ether oxygens (including phenoxy) is 3. The van der Waals surface area contributed by atoms with Crippen molar-refractivity contribution in [2.24, 2.45) is 5.73 Å². The first-order valence-electron chi connectivity index (χ1n) is 10.9. The molecule has 8 heteroatoms. The van der Waals surface area contributed by atoms with Crippen molar-refractivity contribution in [3.8, 4) is 17.6 Å². The molecule has 0 saturated heterocycles. The minimum absolute atomic E-state index is 0.00747. The van der Waals surface area contributed by atoms with Gasteiger partial charge in [-0.1, -0.05) is 18.2 Å². The third-order valence-electron chi connectivity index (χ3n) is 5.79. The number of hydrogen-bond donors (Lipinski definition) is 2. The van der Waals surface area contributed by atoms with Crippen LogP contribution in [0.15, 0.2) is 65.3 Å². The normalized spacial score (nSPS) is 17.4. The molecule has 1 atom stereocenters. The van der Waals surface area contributed by atoms with Crippen LogP contribution in [0.4, 0.5) is 5.69 Å². The van der Waals surface area contributed by atoms with Gasteiger partial charge in [-0.25, -0.2) is 0 Å². The number of methoxy groups -OCH3 is 1. The van der Waals surface area contributed by atoms with E-state index in [1.165, 1.54) is 7.11 Å². The number of hydrogen-bond acceptors (Lipinski definition) is 7. The molecule has 2 aromatic rings. The predicted octanol–water partition coefficient (Wildman–Crippen LogP) is 3.84. The number of aryl methyl sites for hydroxylation is 1. The van der Waals surface area contributed by atoms with E-state index in [2.05, 4.69) is 11.4 Å². The Morgan fingerprint density at radius 1 is 1.24 bits per heavy atom. The zero-order valence-electron chi connectivity index (χ0n) is 19.0. The van der Waals surface area contributed by atoms with Crippen LogP contribution in [0, 0.1) is 18.3 Å². The number of nitriles is 1. The highest BCUT2D eigenvalue weighted by molar-refractivity contribution is 5.99. The molecule has 1 amide bonds. The van der Waals surface area contributed by atoms with Crippen LogP contribution < -0.4 is 20.5 Å². The monoisotopic (exact) mass is 459 g/mol. The zero-order chi connectivity index (χ0) is 24.2. The molecule has 2 aliphatic rings. The van der Waals surface area contributed by atoms with E-state index < -0.39 is 5.92 Å². The summed E-state index contributed by atoms with van der Waals surface area (Å²) in [6.07, 6.45) is 1.66. The third-order valence-corrected chi connectivity index (χ3v) is 5.79. The second-order valence-electron chi connectivity index (χ2n) is 8.16. The second kappa shape index (κ2) is 9.71. The molecule has 3 N–H and O–H groups in total. The number of nitrogens with one attached hydrogen (secondary N) is 1. The molecule has 0 spiro atoms. The summed E-state index contributed by atoms with van der Waals surface area (Å²) in [6.45, 7) is 1.72. The van der Waals surface area contributed by atoms with E-state index in [0.717, 1.165) is 5.56 Å². The largest absolute Gasteiger partial charge is 0.493 e. The molecule has 4 rings (SSSR count). The lowest BCUT2D eigenvalue weighted by molar-refractivity contribution is -0.118. The van der Waals surface area contributed by atoms with E-state index in [1.807, 2.05) is 25.1 Å². The fourth-order valence-corrected chi connectivity index (χ4v) is 4.24. The van der Waals surface area contributed by atoms with Gasteiger partial charge in [-0.05, 0) is 48.7 Å². The topological polar surface area (TPSA) is 124 Å². The zero-order valence-corrected chi connectivity index (χ0v) is 19.0. The predicted molar refractivity (Wildman–Crippen MR) is 125 cm³/mol. The Morgan fingerprint density at radius 3 is 2.79 bits per heavy atom. The molecule has 0 aromatic heterocycles. The number of allylic oxidation sites excluding steroid dienone is 3. The summed E-state index contributed by atoms with van der Waals surface area (Å²) in [4.78, 5) is 25.1. The van der Waals surface area contributed by atoms with Crippen LogP contribution in [0.25, 0.3) is 0 Å². The van der Waals surface area contributed by atoms with Gasteiger partial charge in [0.05, 0.1) is 13.0 Å². The maximum atomic E-state index is 12.7. The number of amides is 1. The van der Waals surface area contributed by atoms with E-state index >= 15 is 0 Å². The summed E-state index contributed by atoms with van der Waals surface area (Å²) in [5.41, 5.74) is 9.03. The maximum absolute atomic E-state index is 12.7. The number of nitrogens with zero attached hydrogens (tertiary/aromatic N) is 1. The number of Topliss-reactive ketones (excluding diaryl/α,β-unsaturated/α-hetero) is 1. The lowest BCUT2D eigenvalue weighted by Gasteiger charge is -2.31. The molecule has 0 radical (unpaired) electrons. The van der Waals surface area contributed by atoms with Crippen molar-refractivity contribution in [1.29, 1.82) is 5.26 Å². The van der Waals surface area contributed by atoms with E-state index in [4.69, 9.17) is 19.9 Å². The molecule has 1 aliphatic heterocycles. The quantitative estimate of drug-likeness (QED) is 0.673. The summed E-state index contributed by atoms with van der Waals surface area (Å²) in [5, 5.41) is 12.5. The molecular weight excluding hydrogens is 434 g/mol. The SMILES string of the molecule is COc1cc(C2C(C#N)=C(N)OC3=C2C(=O)CCC3)ccc1OCC(=O)Nc1cccc(C)c1. The van der Waals surface area contributed by atoms with E-state index in [1.54, 1.807) is 24.3 Å². The summed E-state index contributed by atoms with van der Waals surface area (Å²) in [5.74, 6) is 0.239. The number of rotatable bonds is 6. The first-order valence-corrected chi connectivity index (χ1v) is 10.9. The number of carbonyl (C=O) groups is 2. The first-order chi connectivity index (χ1) is 16.4. The van der Waals surface area contributed by atoms with Crippen molar-refractivity contribution >= 4 is 17.4 Å². The third kappa shape index (κ3) is 4.59. The summed E-state index contributed by atoms with van der Waals surface area (Å²) in [6, 6.07) is 14.6. The Morgan fingerprint density at radius 2 is 2.06 bits per heavy atom. The van der Waals surface area contributed by atoms with Gasteiger partial charge in [0.25, 0.3) is 5.91 Å². The van der Waals surface area contributed by atoms with Gasteiger partial charge in [-0.15, -0.1) is 0 Å². The van der Waals surface area contributed by atoms with Gasteiger partial charge in [-0.3, -0.25) is 9.59 Å². The standard InChI is InChI=1S/C26H25N3O5/c1-15-5-3-6-17(11-15)29-23(31)14-33-20-10-9-16(12-22(20)32-2)24-18(13-27)26(28)34-21-8-4-7-19(30)25(21)24/h3,5-6,9-12,24H,4,7-8,14,28H2,1-2H3,(H,29,31). The van der Waals surface area contributed by atoms with Gasteiger partial charge < -0.3 is 25.3 Å². The van der Waals surface area contributed by atoms with Crippen LogP contribution in [-0.2, 0) is 14.3 Å². The highest BCUT2D eigenvalue weighted by atomic mass is 16.5. The van der Waals surface area contributed by atoms with Crippen LogP contribution in [0.1, 0.15) is 36.3 Å². The van der Waals surface area contributed by atoms with E-state index in [-0.39, 0.29) is 29.8 Å². The van der Waals surface area contributed by atoms with Crippen LogP contribution in [0.2, 0.25) is 0 Å². The summed E-state index contributed by atoms with van der Waals surface area (Å²) >= 11 is 0. The molecule has 2 aromatic carbocycles. The second-order valence-corrected chi connectivity index (χ2v) is 8.16. The molecule has 0 bridgehead atoms. The van der Waals surface area contributed by atoms with Crippen LogP contribution >= 0.6 is 0 Å². The highest BCUT2D eigenvalue weighted by Crippen LogP contribution is 2.45. The maximum Gasteiger partial charge on any atom is 0.262 e. The summed E-state index contributed by atoms with van der Waals surface area (Å²) in [7, 11) is 1.48. The van der Waals surface area contributed by atoms with E-state index in [9.17, 15) is 14.9 Å². The fourth-order valence-electron chi connectivity index (χ4n) is 4.24. The average Bonchev–Trinajstić information content (AvgIpc) is 2.82. The molecule has 174 valence electrons. The minimum atomic E-state index is -0.644. The van der Waals surface area contributed by atoms with Crippen LogP contribution in [0.5, 0.6) is 11.5 Å². The van der Waals surface area contributed by atoms with Crippen molar-refractivity contribution in [2.45, 2.75) is 32.1 Å². The molecule has 1 aliphatic carbocycles. The van der Waals surface area contributed by atoms with Gasteiger partial charge in [0, 0.05) is 24.1 Å². The van der Waals surface area contributed by atoms with Crippen molar-refractivity contribution < 1.29 is 23.8 Å². The van der Waals surface area contributed by atoms with Crippen molar-refractivity contribution in [3.63, 3.8) is 0 Å².